The molecule has 2 aromatic carbocycles. The van der Waals surface area contributed by atoms with E-state index in [4.69, 9.17) is 0 Å². The Morgan fingerprint density at radius 2 is 0.871 bits per heavy atom. The second kappa shape index (κ2) is 14.0. The maximum atomic E-state index is 9.43. The van der Waals surface area contributed by atoms with Crippen molar-refractivity contribution in [2.45, 2.75) is 59.0 Å². The van der Waals surface area contributed by atoms with Gasteiger partial charge in [-0.1, -0.05) is 35.9 Å². The lowest BCUT2D eigenvalue weighted by Crippen LogP contribution is -2.36. The molecule has 0 fully saturated rings. The average molecular weight is 433 g/mol. The molecule has 4 unspecified atom stereocenters. The molecule has 6 nitrogen and oxygen atoms in total. The van der Waals surface area contributed by atoms with Crippen LogP contribution in [-0.2, 0) is 0 Å². The van der Waals surface area contributed by atoms with Gasteiger partial charge in [-0.2, -0.15) is 0 Å². The summed E-state index contributed by atoms with van der Waals surface area (Å²) in [5.74, 6) is 0. The minimum absolute atomic E-state index is 0.399. The van der Waals surface area contributed by atoms with Gasteiger partial charge in [-0.25, -0.2) is 0 Å². The Kier molecular flexibility index (Phi) is 12.2. The summed E-state index contributed by atoms with van der Waals surface area (Å²) in [5, 5.41) is 37.6. The number of aryl methyl sites for hydroxylation is 1. The summed E-state index contributed by atoms with van der Waals surface area (Å²) in [6.07, 6.45) is -1.60. The molecule has 2 aromatic rings. The molecule has 2 rings (SSSR count). The molecule has 0 spiro atoms. The Morgan fingerprint density at radius 1 is 0.548 bits per heavy atom. The second-order valence-corrected chi connectivity index (χ2v) is 8.38. The van der Waals surface area contributed by atoms with Gasteiger partial charge in [0.05, 0.1) is 24.4 Å². The fourth-order valence-corrected chi connectivity index (χ4v) is 3.24. The van der Waals surface area contributed by atoms with Crippen molar-refractivity contribution in [3.63, 3.8) is 0 Å². The molecule has 0 bridgehead atoms. The lowest BCUT2D eigenvalue weighted by atomic mass is 10.2. The fraction of sp³-hybridized carbons (Fsp3) is 0.520. The number of hydrogen-bond donors (Lipinski definition) is 4. The molecule has 0 amide bonds. The number of hydrogen-bond acceptors (Lipinski definition) is 6. The normalized spacial score (nSPS) is 14.6. The van der Waals surface area contributed by atoms with Crippen molar-refractivity contribution in [2.75, 3.05) is 36.0 Å². The van der Waals surface area contributed by atoms with E-state index in [-0.39, 0.29) is 0 Å². The van der Waals surface area contributed by atoms with Gasteiger partial charge < -0.3 is 30.2 Å². The van der Waals surface area contributed by atoms with Gasteiger partial charge in [0.25, 0.3) is 0 Å². The van der Waals surface area contributed by atoms with Crippen LogP contribution in [0.2, 0.25) is 0 Å². The molecule has 0 saturated heterocycles. The van der Waals surface area contributed by atoms with Gasteiger partial charge in [0.15, 0.2) is 0 Å². The topological polar surface area (TPSA) is 87.4 Å². The molecule has 4 N–H and O–H groups in total. The average Bonchev–Trinajstić information content (AvgIpc) is 2.67. The van der Waals surface area contributed by atoms with Gasteiger partial charge in [0.1, 0.15) is 0 Å². The summed E-state index contributed by atoms with van der Waals surface area (Å²) >= 11 is 0. The third-order valence-electron chi connectivity index (χ3n) is 4.46. The summed E-state index contributed by atoms with van der Waals surface area (Å²) in [5.41, 5.74) is 3.27. The summed E-state index contributed by atoms with van der Waals surface area (Å²) in [6, 6.07) is 17.9. The van der Waals surface area contributed by atoms with E-state index in [0.29, 0.717) is 26.2 Å². The van der Waals surface area contributed by atoms with E-state index in [1.54, 1.807) is 27.7 Å². The van der Waals surface area contributed by atoms with E-state index in [1.807, 2.05) is 71.3 Å². The molecule has 0 aliphatic rings. The zero-order valence-corrected chi connectivity index (χ0v) is 19.5. The summed E-state index contributed by atoms with van der Waals surface area (Å²) in [4.78, 5) is 3.98. The number of rotatable bonds is 10. The highest BCUT2D eigenvalue weighted by molar-refractivity contribution is 5.48. The van der Waals surface area contributed by atoms with Crippen LogP contribution in [0.25, 0.3) is 0 Å². The van der Waals surface area contributed by atoms with Gasteiger partial charge in [-0.3, -0.25) is 0 Å². The van der Waals surface area contributed by atoms with Crippen LogP contribution < -0.4 is 9.80 Å². The molecule has 0 aromatic heterocycles. The van der Waals surface area contributed by atoms with Crippen LogP contribution in [0, 0.1) is 6.92 Å². The van der Waals surface area contributed by atoms with Crippen molar-refractivity contribution in [3.05, 3.63) is 60.2 Å². The zero-order chi connectivity index (χ0) is 23.4. The van der Waals surface area contributed by atoms with E-state index in [0.717, 1.165) is 11.4 Å². The highest BCUT2D eigenvalue weighted by atomic mass is 16.3. The molecular weight excluding hydrogens is 392 g/mol. The van der Waals surface area contributed by atoms with Crippen LogP contribution in [-0.4, -0.2) is 71.0 Å². The monoisotopic (exact) mass is 432 g/mol. The van der Waals surface area contributed by atoms with Gasteiger partial charge in [-0.05, 0) is 58.9 Å². The molecular formula is C25H40N2O4. The Labute approximate surface area is 187 Å². The quantitative estimate of drug-likeness (QED) is 0.462. The van der Waals surface area contributed by atoms with Crippen molar-refractivity contribution < 1.29 is 20.4 Å². The maximum Gasteiger partial charge on any atom is 0.0687 e. The van der Waals surface area contributed by atoms with Gasteiger partial charge in [-0.15, -0.1) is 0 Å². The molecule has 0 aliphatic heterocycles. The highest BCUT2D eigenvalue weighted by Gasteiger charge is 2.12. The van der Waals surface area contributed by atoms with E-state index in [1.165, 1.54) is 5.56 Å². The van der Waals surface area contributed by atoms with Gasteiger partial charge in [0.2, 0.25) is 0 Å². The molecule has 31 heavy (non-hydrogen) atoms. The Morgan fingerprint density at radius 3 is 1.19 bits per heavy atom. The van der Waals surface area contributed by atoms with E-state index >= 15 is 0 Å². The molecule has 0 saturated carbocycles. The highest BCUT2D eigenvalue weighted by Crippen LogP contribution is 2.16. The largest absolute Gasteiger partial charge is 0.392 e. The Bertz CT molecular complexity index is 683. The van der Waals surface area contributed by atoms with Crippen LogP contribution in [0.15, 0.2) is 54.6 Å². The van der Waals surface area contributed by atoms with E-state index in [2.05, 4.69) is 0 Å². The van der Waals surface area contributed by atoms with Crippen LogP contribution in [0.4, 0.5) is 11.4 Å². The standard InChI is InChI=1S/C13H21NO2.C12H19NO2/c1-10-4-6-13(7-5-10)14(8-11(2)15)9-12(3)16;1-10(14)8-13(9-11(2)15)12-6-4-3-5-7-12/h4-7,11-12,15-16H,8-9H2,1-3H3;3-7,10-11,14-15H,8-9H2,1-2H3. The summed E-state index contributed by atoms with van der Waals surface area (Å²) in [7, 11) is 0. The molecule has 0 heterocycles. The zero-order valence-electron chi connectivity index (χ0n) is 19.5. The van der Waals surface area contributed by atoms with E-state index < -0.39 is 24.4 Å². The smallest absolute Gasteiger partial charge is 0.0687 e. The lowest BCUT2D eigenvalue weighted by Gasteiger charge is -2.27. The third kappa shape index (κ3) is 11.7. The van der Waals surface area contributed by atoms with Crippen LogP contribution in [0.5, 0.6) is 0 Å². The SMILES string of the molecule is CC(O)CN(CC(C)O)c1ccccc1.Cc1ccc(N(CC(C)O)CC(C)O)cc1. The molecule has 4 atom stereocenters. The second-order valence-electron chi connectivity index (χ2n) is 8.38. The predicted octanol–water partition coefficient (Wildman–Crippen LogP) is 2.82. The van der Waals surface area contributed by atoms with Crippen molar-refractivity contribution in [2.24, 2.45) is 0 Å². The first-order chi connectivity index (χ1) is 14.6. The lowest BCUT2D eigenvalue weighted by molar-refractivity contribution is 0.177. The first kappa shape index (κ1) is 26.9. The fourth-order valence-electron chi connectivity index (χ4n) is 3.24. The molecule has 0 radical (unpaired) electrons. The maximum absolute atomic E-state index is 9.43. The van der Waals surface area contributed by atoms with Crippen molar-refractivity contribution in [3.8, 4) is 0 Å². The van der Waals surface area contributed by atoms with Gasteiger partial charge >= 0.3 is 0 Å². The Balaban J connectivity index is 0.000000311. The Hall–Kier alpha value is -2.12. The number of nitrogens with zero attached hydrogens (tertiary/aromatic N) is 2. The van der Waals surface area contributed by atoms with E-state index in [9.17, 15) is 20.4 Å². The van der Waals surface area contributed by atoms with Crippen LogP contribution in [0.3, 0.4) is 0 Å². The molecule has 174 valence electrons. The van der Waals surface area contributed by atoms with Crippen molar-refractivity contribution in [1.29, 1.82) is 0 Å². The molecule has 0 aliphatic carbocycles. The number of para-hydroxylation sites is 1. The number of aliphatic hydroxyl groups excluding tert-OH is 4. The van der Waals surface area contributed by atoms with Crippen molar-refractivity contribution in [1.82, 2.24) is 0 Å². The first-order valence-corrected chi connectivity index (χ1v) is 10.9. The predicted molar refractivity (Wildman–Crippen MR) is 129 cm³/mol. The minimum Gasteiger partial charge on any atom is -0.392 e. The van der Waals surface area contributed by atoms with Crippen LogP contribution in [0.1, 0.15) is 33.3 Å². The molecule has 6 heteroatoms. The summed E-state index contributed by atoms with van der Waals surface area (Å²) < 4.78 is 0. The number of aliphatic hydroxyl groups is 4. The number of anilines is 2. The first-order valence-electron chi connectivity index (χ1n) is 10.9. The number of benzene rings is 2. The van der Waals surface area contributed by atoms with Crippen molar-refractivity contribution >= 4 is 11.4 Å². The summed E-state index contributed by atoms with van der Waals surface area (Å²) in [6.45, 7) is 11.2. The van der Waals surface area contributed by atoms with Crippen LogP contribution >= 0.6 is 0 Å². The minimum atomic E-state index is -0.403. The third-order valence-corrected chi connectivity index (χ3v) is 4.46. The van der Waals surface area contributed by atoms with Gasteiger partial charge in [0, 0.05) is 37.6 Å².